The summed E-state index contributed by atoms with van der Waals surface area (Å²) in [5, 5.41) is 0.705. The molecule has 0 radical (unpaired) electrons. The summed E-state index contributed by atoms with van der Waals surface area (Å²) in [4.78, 5) is 11.8. The average molecular weight is 457 g/mol. The quantitative estimate of drug-likeness (QED) is 0.583. The second-order valence-electron chi connectivity index (χ2n) is 7.67. The lowest BCUT2D eigenvalue weighted by Gasteiger charge is -2.35. The molecule has 1 aromatic heterocycles. The molecule has 0 saturated carbocycles. The van der Waals surface area contributed by atoms with E-state index in [4.69, 9.17) is 16.6 Å². The Morgan fingerprint density at radius 1 is 0.903 bits per heavy atom. The lowest BCUT2D eigenvalue weighted by molar-refractivity contribution is 0.383. The zero-order valence-corrected chi connectivity index (χ0v) is 19.2. The number of hydrogen-bond donors (Lipinski definition) is 0. The van der Waals surface area contributed by atoms with Crippen LogP contribution in [0.15, 0.2) is 59.5 Å². The molecule has 1 saturated heterocycles. The Bertz CT molecular complexity index is 1160. The third-order valence-corrected chi connectivity index (χ3v) is 7.68. The lowest BCUT2D eigenvalue weighted by Crippen LogP contribution is -2.49. The molecule has 0 aliphatic carbocycles. The third-order valence-electron chi connectivity index (χ3n) is 5.52. The number of nitrogens with zero attached hydrogens (tertiary/aromatic N) is 4. The molecule has 4 rings (SSSR count). The van der Waals surface area contributed by atoms with E-state index in [1.807, 2.05) is 44.2 Å². The fraction of sp³-hybridized carbons (Fsp3) is 0.304. The number of anilines is 1. The number of benzene rings is 2. The van der Waals surface area contributed by atoms with Crippen molar-refractivity contribution in [2.24, 2.45) is 0 Å². The van der Waals surface area contributed by atoms with Crippen LogP contribution in [-0.2, 0) is 16.4 Å². The number of rotatable bonds is 5. The molecule has 8 heteroatoms. The molecule has 31 heavy (non-hydrogen) atoms. The molecular formula is C23H25ClN4O2S. The van der Waals surface area contributed by atoms with Crippen LogP contribution in [0.25, 0.3) is 0 Å². The Morgan fingerprint density at radius 2 is 1.55 bits per heavy atom. The van der Waals surface area contributed by atoms with E-state index < -0.39 is 10.0 Å². The van der Waals surface area contributed by atoms with E-state index in [9.17, 15) is 8.42 Å². The second kappa shape index (κ2) is 8.94. The number of piperazine rings is 1. The Kier molecular flexibility index (Phi) is 6.27. The van der Waals surface area contributed by atoms with Crippen molar-refractivity contribution in [3.8, 4) is 0 Å². The van der Waals surface area contributed by atoms with Crippen LogP contribution in [0.5, 0.6) is 0 Å². The van der Waals surface area contributed by atoms with Gasteiger partial charge in [-0.1, -0.05) is 41.9 Å². The van der Waals surface area contributed by atoms with Crippen LogP contribution in [0.3, 0.4) is 0 Å². The Balaban J connectivity index is 1.56. The molecule has 1 aliphatic heterocycles. The summed E-state index contributed by atoms with van der Waals surface area (Å²) in [6.07, 6.45) is 0.696. The number of sulfonamides is 1. The van der Waals surface area contributed by atoms with E-state index in [0.29, 0.717) is 48.3 Å². The molecule has 0 atom stereocenters. The zero-order chi connectivity index (χ0) is 22.0. The van der Waals surface area contributed by atoms with Crippen LogP contribution in [-0.4, -0.2) is 48.9 Å². The van der Waals surface area contributed by atoms with Gasteiger partial charge in [0.2, 0.25) is 10.0 Å². The average Bonchev–Trinajstić information content (AvgIpc) is 2.77. The van der Waals surface area contributed by atoms with Crippen molar-refractivity contribution in [1.82, 2.24) is 14.3 Å². The summed E-state index contributed by atoms with van der Waals surface area (Å²) in [7, 11) is -3.49. The predicted molar refractivity (Wildman–Crippen MR) is 123 cm³/mol. The SMILES string of the molecule is Cc1nc(C)c(Cc2ccc(Cl)cc2)c(N2CCN(S(=O)(=O)c3ccccc3)CC2)n1. The van der Waals surface area contributed by atoms with Crippen molar-refractivity contribution in [2.75, 3.05) is 31.1 Å². The van der Waals surface area contributed by atoms with Crippen molar-refractivity contribution in [3.05, 3.63) is 82.3 Å². The van der Waals surface area contributed by atoms with Crippen molar-refractivity contribution in [1.29, 1.82) is 0 Å². The standard InChI is InChI=1S/C23H25ClN4O2S/c1-17-22(16-19-8-10-20(24)11-9-19)23(26-18(2)25-17)27-12-14-28(15-13-27)31(29,30)21-6-4-3-5-7-21/h3-11H,12-16H2,1-2H3. The van der Waals surface area contributed by atoms with Crippen LogP contribution in [0.1, 0.15) is 22.6 Å². The molecule has 0 spiro atoms. The molecule has 0 bridgehead atoms. The van der Waals surface area contributed by atoms with Crippen LogP contribution in [0.2, 0.25) is 5.02 Å². The van der Waals surface area contributed by atoms with Gasteiger partial charge in [0.05, 0.1) is 4.90 Å². The summed E-state index contributed by atoms with van der Waals surface area (Å²) in [6, 6.07) is 16.4. The zero-order valence-electron chi connectivity index (χ0n) is 17.6. The van der Waals surface area contributed by atoms with Gasteiger partial charge in [0.1, 0.15) is 11.6 Å². The molecule has 0 unspecified atom stereocenters. The highest BCUT2D eigenvalue weighted by molar-refractivity contribution is 7.89. The second-order valence-corrected chi connectivity index (χ2v) is 10.0. The van der Waals surface area contributed by atoms with Crippen molar-refractivity contribution < 1.29 is 8.42 Å². The van der Waals surface area contributed by atoms with Crippen LogP contribution >= 0.6 is 11.6 Å². The smallest absolute Gasteiger partial charge is 0.243 e. The minimum absolute atomic E-state index is 0.334. The molecule has 0 N–H and O–H groups in total. The summed E-state index contributed by atoms with van der Waals surface area (Å²) in [5.74, 6) is 1.60. The van der Waals surface area contributed by atoms with Crippen LogP contribution in [0, 0.1) is 13.8 Å². The fourth-order valence-corrected chi connectivity index (χ4v) is 5.44. The van der Waals surface area contributed by atoms with Gasteiger partial charge < -0.3 is 4.90 Å². The first-order chi connectivity index (χ1) is 14.8. The van der Waals surface area contributed by atoms with Gasteiger partial charge in [-0.05, 0) is 43.7 Å². The predicted octanol–water partition coefficient (Wildman–Crippen LogP) is 3.85. The number of hydrogen-bond acceptors (Lipinski definition) is 5. The van der Waals surface area contributed by atoms with E-state index in [0.717, 1.165) is 22.6 Å². The van der Waals surface area contributed by atoms with E-state index in [2.05, 4.69) is 9.88 Å². The maximum Gasteiger partial charge on any atom is 0.243 e. The Morgan fingerprint density at radius 3 is 2.19 bits per heavy atom. The normalized spacial score (nSPS) is 15.3. The summed E-state index contributed by atoms with van der Waals surface area (Å²) in [5.41, 5.74) is 3.13. The molecular weight excluding hydrogens is 432 g/mol. The Labute approximate surface area is 188 Å². The van der Waals surface area contributed by atoms with Crippen molar-refractivity contribution >= 4 is 27.4 Å². The third kappa shape index (κ3) is 4.74. The van der Waals surface area contributed by atoms with E-state index in [1.54, 1.807) is 28.6 Å². The van der Waals surface area contributed by atoms with Gasteiger partial charge in [-0.3, -0.25) is 0 Å². The van der Waals surface area contributed by atoms with Gasteiger partial charge in [-0.25, -0.2) is 18.4 Å². The van der Waals surface area contributed by atoms with Gasteiger partial charge in [0, 0.05) is 48.9 Å². The van der Waals surface area contributed by atoms with Crippen molar-refractivity contribution in [3.63, 3.8) is 0 Å². The molecule has 0 amide bonds. The maximum atomic E-state index is 12.9. The van der Waals surface area contributed by atoms with Gasteiger partial charge in [0.15, 0.2) is 0 Å². The monoisotopic (exact) mass is 456 g/mol. The number of aryl methyl sites for hydroxylation is 2. The van der Waals surface area contributed by atoms with Crippen LogP contribution < -0.4 is 4.90 Å². The first-order valence-electron chi connectivity index (χ1n) is 10.2. The first kappa shape index (κ1) is 21.7. The summed E-state index contributed by atoms with van der Waals surface area (Å²) < 4.78 is 27.4. The van der Waals surface area contributed by atoms with E-state index >= 15 is 0 Å². The highest BCUT2D eigenvalue weighted by Crippen LogP contribution is 2.27. The number of halogens is 1. The van der Waals surface area contributed by atoms with E-state index in [-0.39, 0.29) is 0 Å². The van der Waals surface area contributed by atoms with Gasteiger partial charge in [0.25, 0.3) is 0 Å². The summed E-state index contributed by atoms with van der Waals surface area (Å²) >= 11 is 6.03. The van der Waals surface area contributed by atoms with Gasteiger partial charge in [-0.2, -0.15) is 4.31 Å². The molecule has 6 nitrogen and oxygen atoms in total. The molecule has 3 aromatic rings. The topological polar surface area (TPSA) is 66.4 Å². The molecule has 162 valence electrons. The fourth-order valence-electron chi connectivity index (χ4n) is 3.87. The summed E-state index contributed by atoms with van der Waals surface area (Å²) in [6.45, 7) is 5.88. The molecule has 1 fully saturated rings. The lowest BCUT2D eigenvalue weighted by atomic mass is 10.0. The van der Waals surface area contributed by atoms with Crippen molar-refractivity contribution in [2.45, 2.75) is 25.2 Å². The maximum absolute atomic E-state index is 12.9. The number of aromatic nitrogens is 2. The largest absolute Gasteiger partial charge is 0.354 e. The Hall–Kier alpha value is -2.48. The molecule has 2 heterocycles. The molecule has 1 aliphatic rings. The minimum atomic E-state index is -3.49. The highest BCUT2D eigenvalue weighted by Gasteiger charge is 2.30. The highest BCUT2D eigenvalue weighted by atomic mass is 35.5. The molecule has 2 aromatic carbocycles. The van der Waals surface area contributed by atoms with E-state index in [1.165, 1.54) is 0 Å². The minimum Gasteiger partial charge on any atom is -0.354 e. The first-order valence-corrected chi connectivity index (χ1v) is 12.0. The van der Waals surface area contributed by atoms with Crippen LogP contribution in [0.4, 0.5) is 5.82 Å². The van der Waals surface area contributed by atoms with Gasteiger partial charge >= 0.3 is 0 Å². The van der Waals surface area contributed by atoms with Gasteiger partial charge in [-0.15, -0.1) is 0 Å².